The molecule has 1 amide bonds. The molecule has 1 aliphatic heterocycles. The van der Waals surface area contributed by atoms with Crippen LogP contribution < -0.4 is 10.2 Å². The lowest BCUT2D eigenvalue weighted by atomic mass is 10.1. The van der Waals surface area contributed by atoms with E-state index in [9.17, 15) is 4.79 Å². The number of rotatable bonds is 6. The topological polar surface area (TPSA) is 71.3 Å². The van der Waals surface area contributed by atoms with Crippen molar-refractivity contribution < 1.29 is 9.21 Å². The minimum atomic E-state index is -0.167. The molecule has 4 aromatic rings. The summed E-state index contributed by atoms with van der Waals surface area (Å²) in [4.78, 5) is 24.2. The maximum atomic E-state index is 13.0. The van der Waals surface area contributed by atoms with Gasteiger partial charge in [-0.1, -0.05) is 42.5 Å². The molecule has 2 aromatic heterocycles. The molecule has 3 heterocycles. The van der Waals surface area contributed by atoms with Crippen molar-refractivity contribution in [2.75, 3.05) is 18.0 Å². The smallest absolute Gasteiger partial charge is 0.252 e. The summed E-state index contributed by atoms with van der Waals surface area (Å²) in [6.07, 6.45) is 5.90. The quantitative estimate of drug-likeness (QED) is 0.475. The van der Waals surface area contributed by atoms with Gasteiger partial charge in [-0.2, -0.15) is 0 Å². The van der Waals surface area contributed by atoms with E-state index in [2.05, 4.69) is 26.3 Å². The fourth-order valence-corrected chi connectivity index (χ4v) is 3.97. The van der Waals surface area contributed by atoms with Crippen molar-refractivity contribution in [2.45, 2.75) is 19.4 Å². The number of benzene rings is 2. The highest BCUT2D eigenvalue weighted by Crippen LogP contribution is 2.28. The molecular formula is C26H24N4O2. The summed E-state index contributed by atoms with van der Waals surface area (Å²) >= 11 is 0. The van der Waals surface area contributed by atoms with Gasteiger partial charge in [0.1, 0.15) is 5.82 Å². The van der Waals surface area contributed by atoms with Gasteiger partial charge < -0.3 is 14.6 Å². The molecule has 1 saturated heterocycles. The Labute approximate surface area is 186 Å². The molecule has 0 atom stereocenters. The second-order valence-electron chi connectivity index (χ2n) is 7.84. The number of amides is 1. The van der Waals surface area contributed by atoms with E-state index in [1.165, 1.54) is 12.8 Å². The molecule has 0 aliphatic carbocycles. The minimum absolute atomic E-state index is 0.167. The van der Waals surface area contributed by atoms with Gasteiger partial charge in [-0.3, -0.25) is 4.79 Å². The van der Waals surface area contributed by atoms with Crippen molar-refractivity contribution in [3.05, 3.63) is 90.3 Å². The van der Waals surface area contributed by atoms with Crippen molar-refractivity contribution >= 4 is 11.7 Å². The number of aromatic nitrogens is 2. The predicted octanol–water partition coefficient (Wildman–Crippen LogP) is 4.93. The molecule has 160 valence electrons. The average Bonchev–Trinajstić information content (AvgIpc) is 3.56. The Bertz CT molecular complexity index is 1210. The molecule has 0 radical (unpaired) electrons. The van der Waals surface area contributed by atoms with Crippen molar-refractivity contribution in [1.82, 2.24) is 15.3 Å². The van der Waals surface area contributed by atoms with Crippen LogP contribution in [0.25, 0.3) is 22.8 Å². The Morgan fingerprint density at radius 3 is 2.59 bits per heavy atom. The summed E-state index contributed by atoms with van der Waals surface area (Å²) in [5, 5.41) is 3.03. The SMILES string of the molecule is O=C(NCc1ccnc(N2CCCC2)c1)c1ccccc1-c1ncc(-c2ccccc2)o1. The molecule has 32 heavy (non-hydrogen) atoms. The predicted molar refractivity (Wildman–Crippen MR) is 124 cm³/mol. The van der Waals surface area contributed by atoms with E-state index in [4.69, 9.17) is 4.42 Å². The summed E-state index contributed by atoms with van der Waals surface area (Å²) in [6, 6.07) is 21.1. The molecule has 0 spiro atoms. The highest BCUT2D eigenvalue weighted by molar-refractivity contribution is 6.00. The third-order valence-corrected chi connectivity index (χ3v) is 5.66. The molecule has 1 N–H and O–H groups in total. The van der Waals surface area contributed by atoms with Gasteiger partial charge in [-0.15, -0.1) is 0 Å². The maximum Gasteiger partial charge on any atom is 0.252 e. The maximum absolute atomic E-state index is 13.0. The van der Waals surface area contributed by atoms with Crippen molar-refractivity contribution in [3.8, 4) is 22.8 Å². The van der Waals surface area contributed by atoms with Gasteiger partial charge in [-0.25, -0.2) is 9.97 Å². The number of hydrogen-bond donors (Lipinski definition) is 1. The molecular weight excluding hydrogens is 400 g/mol. The second-order valence-corrected chi connectivity index (χ2v) is 7.84. The Kier molecular flexibility index (Phi) is 5.66. The van der Waals surface area contributed by atoms with Crippen LogP contribution in [0.5, 0.6) is 0 Å². The van der Waals surface area contributed by atoms with Crippen LogP contribution in [0.1, 0.15) is 28.8 Å². The van der Waals surface area contributed by atoms with Gasteiger partial charge in [-0.05, 0) is 42.7 Å². The number of carbonyl (C=O) groups is 1. The first kappa shape index (κ1) is 20.0. The second kappa shape index (κ2) is 9.06. The zero-order valence-electron chi connectivity index (χ0n) is 17.7. The van der Waals surface area contributed by atoms with E-state index in [0.717, 1.165) is 30.0 Å². The number of hydrogen-bond acceptors (Lipinski definition) is 5. The van der Waals surface area contributed by atoms with Crippen LogP contribution in [0, 0.1) is 0 Å². The zero-order chi connectivity index (χ0) is 21.8. The van der Waals surface area contributed by atoms with Crippen LogP contribution in [-0.4, -0.2) is 29.0 Å². The number of pyridine rings is 1. The summed E-state index contributed by atoms with van der Waals surface area (Å²) < 4.78 is 5.98. The molecule has 0 unspecified atom stereocenters. The lowest BCUT2D eigenvalue weighted by Gasteiger charge is -2.17. The van der Waals surface area contributed by atoms with Crippen LogP contribution in [0.2, 0.25) is 0 Å². The van der Waals surface area contributed by atoms with Crippen molar-refractivity contribution in [3.63, 3.8) is 0 Å². The summed E-state index contributed by atoms with van der Waals surface area (Å²) in [5.41, 5.74) is 3.16. The Morgan fingerprint density at radius 1 is 0.969 bits per heavy atom. The van der Waals surface area contributed by atoms with Gasteiger partial charge in [0, 0.05) is 37.0 Å². The van der Waals surface area contributed by atoms with Crippen molar-refractivity contribution in [1.29, 1.82) is 0 Å². The van der Waals surface area contributed by atoms with E-state index in [1.807, 2.05) is 54.6 Å². The fraction of sp³-hybridized carbons (Fsp3) is 0.192. The van der Waals surface area contributed by atoms with Crippen LogP contribution in [0.4, 0.5) is 5.82 Å². The summed E-state index contributed by atoms with van der Waals surface area (Å²) in [5.74, 6) is 1.90. The van der Waals surface area contributed by atoms with Gasteiger partial charge >= 0.3 is 0 Å². The standard InChI is InChI=1S/C26H24N4O2/c31-25(28-17-19-12-13-27-24(16-19)30-14-6-7-15-30)21-10-4-5-11-22(21)26-29-18-23(32-26)20-8-2-1-3-9-20/h1-5,8-13,16,18H,6-7,14-15,17H2,(H,28,31). The number of anilines is 1. The Morgan fingerprint density at radius 2 is 1.75 bits per heavy atom. The van der Waals surface area contributed by atoms with E-state index in [0.29, 0.717) is 29.3 Å². The van der Waals surface area contributed by atoms with Crippen LogP contribution in [-0.2, 0) is 6.54 Å². The third kappa shape index (κ3) is 4.25. The molecule has 1 fully saturated rings. The summed E-state index contributed by atoms with van der Waals surface area (Å²) in [7, 11) is 0. The van der Waals surface area contributed by atoms with Crippen LogP contribution in [0.15, 0.2) is 83.5 Å². The van der Waals surface area contributed by atoms with Crippen molar-refractivity contribution in [2.24, 2.45) is 0 Å². The van der Waals surface area contributed by atoms with E-state index >= 15 is 0 Å². The fourth-order valence-electron chi connectivity index (χ4n) is 3.97. The van der Waals surface area contributed by atoms with E-state index in [-0.39, 0.29) is 5.91 Å². The highest BCUT2D eigenvalue weighted by atomic mass is 16.4. The highest BCUT2D eigenvalue weighted by Gasteiger charge is 2.17. The number of oxazole rings is 1. The Balaban J connectivity index is 1.32. The van der Waals surface area contributed by atoms with E-state index in [1.54, 1.807) is 18.5 Å². The number of nitrogens with one attached hydrogen (secondary N) is 1. The third-order valence-electron chi connectivity index (χ3n) is 5.66. The molecule has 1 aliphatic rings. The number of nitrogens with zero attached hydrogens (tertiary/aromatic N) is 3. The molecule has 0 bridgehead atoms. The Hall–Kier alpha value is -3.93. The number of carbonyl (C=O) groups excluding carboxylic acids is 1. The lowest BCUT2D eigenvalue weighted by Crippen LogP contribution is -2.24. The summed E-state index contributed by atoms with van der Waals surface area (Å²) in [6.45, 7) is 2.51. The van der Waals surface area contributed by atoms with Gasteiger partial charge in [0.25, 0.3) is 5.91 Å². The van der Waals surface area contributed by atoms with E-state index < -0.39 is 0 Å². The van der Waals surface area contributed by atoms with Crippen LogP contribution >= 0.6 is 0 Å². The lowest BCUT2D eigenvalue weighted by molar-refractivity contribution is 0.0951. The van der Waals surface area contributed by atoms with Gasteiger partial charge in [0.15, 0.2) is 5.76 Å². The zero-order valence-corrected chi connectivity index (χ0v) is 17.7. The first-order valence-corrected chi connectivity index (χ1v) is 10.9. The first-order chi connectivity index (χ1) is 15.8. The molecule has 6 nitrogen and oxygen atoms in total. The normalized spacial score (nSPS) is 13.3. The van der Waals surface area contributed by atoms with Crippen LogP contribution in [0.3, 0.4) is 0 Å². The van der Waals surface area contributed by atoms with Gasteiger partial charge in [0.2, 0.25) is 5.89 Å². The molecule has 0 saturated carbocycles. The van der Waals surface area contributed by atoms with Gasteiger partial charge in [0.05, 0.1) is 11.8 Å². The molecule has 2 aromatic carbocycles. The first-order valence-electron chi connectivity index (χ1n) is 10.9. The largest absolute Gasteiger partial charge is 0.436 e. The monoisotopic (exact) mass is 424 g/mol. The molecule has 6 heteroatoms. The molecule has 5 rings (SSSR count). The minimum Gasteiger partial charge on any atom is -0.436 e. The average molecular weight is 425 g/mol.